The summed E-state index contributed by atoms with van der Waals surface area (Å²) < 4.78 is 5.48. The van der Waals surface area contributed by atoms with E-state index in [2.05, 4.69) is 40.4 Å². The molecule has 2 aliphatic heterocycles. The highest BCUT2D eigenvalue weighted by Gasteiger charge is 2.19. The molecule has 0 bridgehead atoms. The van der Waals surface area contributed by atoms with Gasteiger partial charge in [-0.25, -0.2) is 9.97 Å². The minimum Gasteiger partial charge on any atom is -0.379 e. The molecule has 0 unspecified atom stereocenters. The Kier molecular flexibility index (Phi) is 6.02. The van der Waals surface area contributed by atoms with E-state index in [1.54, 1.807) is 16.2 Å². The van der Waals surface area contributed by atoms with Crippen molar-refractivity contribution in [3.8, 4) is 0 Å². The summed E-state index contributed by atoms with van der Waals surface area (Å²) >= 11 is 3.68. The molecule has 0 amide bonds. The molecule has 1 fully saturated rings. The summed E-state index contributed by atoms with van der Waals surface area (Å²) in [6.45, 7) is 12.8. The van der Waals surface area contributed by atoms with Crippen LogP contribution in [0.3, 0.4) is 0 Å². The molecule has 0 aliphatic carbocycles. The summed E-state index contributed by atoms with van der Waals surface area (Å²) in [5, 5.41) is 7.08. The molecule has 3 aromatic rings. The van der Waals surface area contributed by atoms with Crippen LogP contribution in [0.4, 0.5) is 5.82 Å². The lowest BCUT2D eigenvalue weighted by Gasteiger charge is -2.27. The number of fused-ring (bicyclic) bond motifs is 2. The zero-order chi connectivity index (χ0) is 20.5. The number of hydrogen-bond donors (Lipinski definition) is 1. The number of hydrogen-bond acceptors (Lipinski definition) is 8. The molecule has 0 radical (unpaired) electrons. The molecule has 3 aromatic heterocycles. The zero-order valence-corrected chi connectivity index (χ0v) is 19.4. The Morgan fingerprint density at radius 3 is 2.87 bits per heavy atom. The molecule has 6 nitrogen and oxygen atoms in total. The first-order chi connectivity index (χ1) is 14.7. The lowest BCUT2D eigenvalue weighted by atomic mass is 10.1. The maximum absolute atomic E-state index is 5.48. The van der Waals surface area contributed by atoms with Gasteiger partial charge in [0.2, 0.25) is 0 Å². The van der Waals surface area contributed by atoms with E-state index >= 15 is 0 Å². The van der Waals surface area contributed by atoms with Gasteiger partial charge in [-0.05, 0) is 42.8 Å². The van der Waals surface area contributed by atoms with Gasteiger partial charge in [-0.15, -0.1) is 22.7 Å². The molecule has 0 aromatic carbocycles. The number of nitrogens with zero attached hydrogens (tertiary/aromatic N) is 4. The third-order valence-corrected chi connectivity index (χ3v) is 8.28. The second-order valence-corrected chi connectivity index (χ2v) is 10.4. The van der Waals surface area contributed by atoms with Crippen LogP contribution in [-0.4, -0.2) is 65.7 Å². The van der Waals surface area contributed by atoms with E-state index in [-0.39, 0.29) is 0 Å². The summed E-state index contributed by atoms with van der Waals surface area (Å²) in [6.07, 6.45) is 1.18. The summed E-state index contributed by atoms with van der Waals surface area (Å²) in [7, 11) is 0. The first-order valence-electron chi connectivity index (χ1n) is 10.8. The van der Waals surface area contributed by atoms with Crippen molar-refractivity contribution in [1.29, 1.82) is 0 Å². The van der Waals surface area contributed by atoms with Crippen molar-refractivity contribution in [2.75, 3.05) is 51.3 Å². The fraction of sp³-hybridized carbons (Fsp3) is 0.545. The number of nitrogens with one attached hydrogen (secondary N) is 1. The Hall–Kier alpha value is -1.58. The molecule has 1 saturated heterocycles. The van der Waals surface area contributed by atoms with Crippen LogP contribution in [0.5, 0.6) is 0 Å². The first-order valence-corrected chi connectivity index (χ1v) is 12.4. The van der Waals surface area contributed by atoms with Crippen molar-refractivity contribution in [3.05, 3.63) is 38.2 Å². The van der Waals surface area contributed by atoms with Gasteiger partial charge < -0.3 is 10.1 Å². The standard InChI is InChI=1S/C22H29N5OS2/c1-15-16(2)30-22-20(15)21(24-19(25-22)14-27-8-10-28-11-9-27)23-5-7-26-6-3-18-17(13-26)4-12-29-18/h4,12H,3,5-11,13-14H2,1-2H3,(H,23,24,25). The molecular weight excluding hydrogens is 414 g/mol. The quantitative estimate of drug-likeness (QED) is 0.627. The molecule has 0 atom stereocenters. The van der Waals surface area contributed by atoms with Gasteiger partial charge in [-0.3, -0.25) is 9.80 Å². The topological polar surface area (TPSA) is 53.5 Å². The molecule has 160 valence electrons. The molecule has 8 heteroatoms. The van der Waals surface area contributed by atoms with E-state index in [4.69, 9.17) is 14.7 Å². The van der Waals surface area contributed by atoms with Gasteiger partial charge in [0, 0.05) is 49.0 Å². The molecule has 1 N–H and O–H groups in total. The van der Waals surface area contributed by atoms with Crippen LogP contribution >= 0.6 is 22.7 Å². The van der Waals surface area contributed by atoms with Gasteiger partial charge >= 0.3 is 0 Å². The molecule has 2 aliphatic rings. The fourth-order valence-corrected chi connectivity index (χ4v) is 6.22. The van der Waals surface area contributed by atoms with E-state index < -0.39 is 0 Å². The average Bonchev–Trinajstić information content (AvgIpc) is 3.32. The van der Waals surface area contributed by atoms with E-state index in [0.717, 1.165) is 75.5 Å². The van der Waals surface area contributed by atoms with Crippen molar-refractivity contribution in [3.63, 3.8) is 0 Å². The second-order valence-electron chi connectivity index (χ2n) is 8.16. The summed E-state index contributed by atoms with van der Waals surface area (Å²) in [5.74, 6) is 1.91. The Bertz CT molecular complexity index is 1020. The highest BCUT2D eigenvalue weighted by atomic mass is 32.1. The predicted molar refractivity (Wildman–Crippen MR) is 125 cm³/mol. The molecule has 5 heterocycles. The van der Waals surface area contributed by atoms with Crippen LogP contribution in [0.2, 0.25) is 0 Å². The summed E-state index contributed by atoms with van der Waals surface area (Å²) in [4.78, 5) is 18.8. The first kappa shape index (κ1) is 20.3. The highest BCUT2D eigenvalue weighted by molar-refractivity contribution is 7.18. The number of ether oxygens (including phenoxy) is 1. The van der Waals surface area contributed by atoms with Crippen molar-refractivity contribution >= 4 is 38.7 Å². The highest BCUT2D eigenvalue weighted by Crippen LogP contribution is 2.33. The molecule has 0 spiro atoms. The number of aromatic nitrogens is 2. The largest absolute Gasteiger partial charge is 0.379 e. The van der Waals surface area contributed by atoms with Crippen molar-refractivity contribution < 1.29 is 4.74 Å². The number of morpholine rings is 1. The van der Waals surface area contributed by atoms with Crippen LogP contribution in [0.15, 0.2) is 11.4 Å². The zero-order valence-electron chi connectivity index (χ0n) is 17.7. The number of rotatable bonds is 6. The van der Waals surface area contributed by atoms with E-state index in [0.29, 0.717) is 0 Å². The van der Waals surface area contributed by atoms with Crippen LogP contribution in [0.25, 0.3) is 10.2 Å². The Labute approximate surface area is 185 Å². The molecule has 30 heavy (non-hydrogen) atoms. The van der Waals surface area contributed by atoms with Crippen molar-refractivity contribution in [2.45, 2.75) is 33.4 Å². The predicted octanol–water partition coefficient (Wildman–Crippen LogP) is 3.67. The normalized spacial score (nSPS) is 18.1. The van der Waals surface area contributed by atoms with Gasteiger partial charge in [0.1, 0.15) is 16.5 Å². The molecular formula is C22H29N5OS2. The Morgan fingerprint density at radius 2 is 2.00 bits per heavy atom. The third kappa shape index (κ3) is 4.24. The van der Waals surface area contributed by atoms with E-state index in [1.807, 2.05) is 11.3 Å². The summed E-state index contributed by atoms with van der Waals surface area (Å²) in [6, 6.07) is 2.28. The summed E-state index contributed by atoms with van der Waals surface area (Å²) in [5.41, 5.74) is 2.81. The maximum atomic E-state index is 5.48. The third-order valence-electron chi connectivity index (χ3n) is 6.15. The Morgan fingerprint density at radius 1 is 1.13 bits per heavy atom. The second kappa shape index (κ2) is 8.88. The molecule has 5 rings (SSSR count). The number of anilines is 1. The van der Waals surface area contributed by atoms with Gasteiger partial charge in [0.15, 0.2) is 0 Å². The lowest BCUT2D eigenvalue weighted by Crippen LogP contribution is -2.36. The van der Waals surface area contributed by atoms with Crippen LogP contribution in [0.1, 0.15) is 26.7 Å². The monoisotopic (exact) mass is 443 g/mol. The van der Waals surface area contributed by atoms with Crippen molar-refractivity contribution in [1.82, 2.24) is 19.8 Å². The minimum atomic E-state index is 0.789. The molecule has 0 saturated carbocycles. The average molecular weight is 444 g/mol. The number of aryl methyl sites for hydroxylation is 2. The van der Waals surface area contributed by atoms with Gasteiger partial charge in [-0.2, -0.15) is 0 Å². The Balaban J connectivity index is 1.30. The SMILES string of the molecule is Cc1sc2nc(CN3CCOCC3)nc(NCCN3CCc4sccc4C3)c2c1C. The number of thiophene rings is 2. The van der Waals surface area contributed by atoms with E-state index in [1.165, 1.54) is 27.8 Å². The van der Waals surface area contributed by atoms with Crippen LogP contribution in [-0.2, 0) is 24.2 Å². The lowest BCUT2D eigenvalue weighted by molar-refractivity contribution is 0.0331. The smallest absolute Gasteiger partial charge is 0.146 e. The van der Waals surface area contributed by atoms with Gasteiger partial charge in [-0.1, -0.05) is 0 Å². The van der Waals surface area contributed by atoms with Gasteiger partial charge in [0.25, 0.3) is 0 Å². The van der Waals surface area contributed by atoms with Gasteiger partial charge in [0.05, 0.1) is 25.1 Å². The van der Waals surface area contributed by atoms with Crippen molar-refractivity contribution in [2.24, 2.45) is 0 Å². The minimum absolute atomic E-state index is 0.789. The van der Waals surface area contributed by atoms with Crippen LogP contribution in [0, 0.1) is 13.8 Å². The van der Waals surface area contributed by atoms with E-state index in [9.17, 15) is 0 Å². The van der Waals surface area contributed by atoms with Crippen LogP contribution < -0.4 is 5.32 Å². The maximum Gasteiger partial charge on any atom is 0.146 e. The fourth-order valence-electron chi connectivity index (χ4n) is 4.28.